The molecule has 6 nitrogen and oxygen atoms in total. The zero-order chi connectivity index (χ0) is 17.7. The SMILES string of the molecule is CCN(CC(=O)O)C(=O)c1ccc(COc2ccc(C)cc2C)o1. The number of ether oxygens (including phenoxy) is 1. The summed E-state index contributed by atoms with van der Waals surface area (Å²) in [5.74, 6) is -0.138. The van der Waals surface area contributed by atoms with E-state index in [1.807, 2.05) is 32.0 Å². The van der Waals surface area contributed by atoms with Gasteiger partial charge in [0.1, 0.15) is 24.7 Å². The molecule has 0 unspecified atom stereocenters. The highest BCUT2D eigenvalue weighted by atomic mass is 16.5. The molecule has 0 atom stereocenters. The van der Waals surface area contributed by atoms with Gasteiger partial charge in [-0.2, -0.15) is 0 Å². The second-order valence-corrected chi connectivity index (χ2v) is 5.54. The molecular formula is C18H21NO5. The van der Waals surface area contributed by atoms with Crippen LogP contribution >= 0.6 is 0 Å². The average molecular weight is 331 g/mol. The lowest BCUT2D eigenvalue weighted by atomic mass is 10.1. The summed E-state index contributed by atoms with van der Waals surface area (Å²) < 4.78 is 11.2. The number of carbonyl (C=O) groups is 2. The van der Waals surface area contributed by atoms with Crippen LogP contribution in [0.25, 0.3) is 0 Å². The van der Waals surface area contributed by atoms with Crippen LogP contribution in [0.5, 0.6) is 5.75 Å². The molecule has 0 radical (unpaired) electrons. The van der Waals surface area contributed by atoms with Gasteiger partial charge >= 0.3 is 5.97 Å². The summed E-state index contributed by atoms with van der Waals surface area (Å²) in [5.41, 5.74) is 2.18. The standard InChI is InChI=1S/C18H21NO5/c1-4-19(10-17(20)21)18(22)16-8-6-14(24-16)11-23-15-7-5-12(2)9-13(15)3/h5-9H,4,10-11H2,1-3H3,(H,20,21). The Morgan fingerprint density at radius 1 is 1.21 bits per heavy atom. The van der Waals surface area contributed by atoms with Crippen molar-refractivity contribution in [3.8, 4) is 5.75 Å². The number of benzene rings is 1. The molecule has 1 heterocycles. The molecule has 2 rings (SSSR count). The molecule has 0 fully saturated rings. The predicted octanol–water partition coefficient (Wildman–Crippen LogP) is 3.02. The summed E-state index contributed by atoms with van der Waals surface area (Å²) in [6.07, 6.45) is 0. The highest BCUT2D eigenvalue weighted by molar-refractivity contribution is 5.93. The first-order valence-electron chi connectivity index (χ1n) is 7.70. The average Bonchev–Trinajstić information content (AvgIpc) is 3.00. The third-order valence-electron chi connectivity index (χ3n) is 3.57. The number of carbonyl (C=O) groups excluding carboxylic acids is 1. The van der Waals surface area contributed by atoms with E-state index in [0.29, 0.717) is 12.3 Å². The van der Waals surface area contributed by atoms with Crippen LogP contribution in [-0.4, -0.2) is 35.0 Å². The molecule has 0 aliphatic rings. The third kappa shape index (κ3) is 4.38. The van der Waals surface area contributed by atoms with E-state index in [1.165, 1.54) is 11.0 Å². The highest BCUT2D eigenvalue weighted by Crippen LogP contribution is 2.21. The fourth-order valence-corrected chi connectivity index (χ4v) is 2.33. The van der Waals surface area contributed by atoms with Gasteiger partial charge in [-0.1, -0.05) is 17.7 Å². The molecule has 2 aromatic rings. The van der Waals surface area contributed by atoms with Crippen LogP contribution in [-0.2, 0) is 11.4 Å². The van der Waals surface area contributed by atoms with Crippen LogP contribution in [0.3, 0.4) is 0 Å². The number of carboxylic acid groups (broad SMARTS) is 1. The highest BCUT2D eigenvalue weighted by Gasteiger charge is 2.20. The summed E-state index contributed by atoms with van der Waals surface area (Å²) in [7, 11) is 0. The van der Waals surface area contributed by atoms with Crippen LogP contribution in [0.2, 0.25) is 0 Å². The molecule has 0 aliphatic carbocycles. The number of amides is 1. The van der Waals surface area contributed by atoms with Crippen LogP contribution in [0, 0.1) is 13.8 Å². The van der Waals surface area contributed by atoms with E-state index in [0.717, 1.165) is 16.9 Å². The van der Waals surface area contributed by atoms with E-state index in [-0.39, 0.29) is 18.9 Å². The monoisotopic (exact) mass is 331 g/mol. The Balaban J connectivity index is 2.02. The molecule has 1 N–H and O–H groups in total. The number of hydrogen-bond acceptors (Lipinski definition) is 4. The Kier molecular flexibility index (Phi) is 5.63. The van der Waals surface area contributed by atoms with Gasteiger partial charge in [-0.05, 0) is 44.5 Å². The Morgan fingerprint density at radius 2 is 1.96 bits per heavy atom. The molecule has 128 valence electrons. The first kappa shape index (κ1) is 17.6. The van der Waals surface area contributed by atoms with Crippen molar-refractivity contribution >= 4 is 11.9 Å². The van der Waals surface area contributed by atoms with Gasteiger partial charge in [0.25, 0.3) is 5.91 Å². The Hall–Kier alpha value is -2.76. The first-order chi connectivity index (χ1) is 11.4. The summed E-state index contributed by atoms with van der Waals surface area (Å²) in [4.78, 5) is 24.2. The maximum atomic E-state index is 12.2. The summed E-state index contributed by atoms with van der Waals surface area (Å²) in [6.45, 7) is 5.82. The molecule has 24 heavy (non-hydrogen) atoms. The molecule has 1 amide bonds. The molecular weight excluding hydrogens is 310 g/mol. The quantitative estimate of drug-likeness (QED) is 0.843. The zero-order valence-electron chi connectivity index (χ0n) is 14.0. The van der Waals surface area contributed by atoms with Crippen molar-refractivity contribution in [2.75, 3.05) is 13.1 Å². The minimum absolute atomic E-state index is 0.109. The number of hydrogen-bond donors (Lipinski definition) is 1. The molecule has 1 aromatic heterocycles. The molecule has 0 aliphatic heterocycles. The minimum Gasteiger partial charge on any atom is -0.485 e. The number of furan rings is 1. The van der Waals surface area contributed by atoms with Crippen molar-refractivity contribution in [2.24, 2.45) is 0 Å². The lowest BCUT2D eigenvalue weighted by Crippen LogP contribution is -2.35. The minimum atomic E-state index is -1.06. The van der Waals surface area contributed by atoms with Gasteiger partial charge < -0.3 is 19.2 Å². The molecule has 1 aromatic carbocycles. The fraction of sp³-hybridized carbons (Fsp3) is 0.333. The topological polar surface area (TPSA) is 80.0 Å². The summed E-state index contributed by atoms with van der Waals surface area (Å²) >= 11 is 0. The van der Waals surface area contributed by atoms with Gasteiger partial charge in [0.2, 0.25) is 0 Å². The van der Waals surface area contributed by atoms with Crippen molar-refractivity contribution in [1.29, 1.82) is 0 Å². The fourth-order valence-electron chi connectivity index (χ4n) is 2.33. The lowest BCUT2D eigenvalue weighted by Gasteiger charge is -2.16. The normalized spacial score (nSPS) is 10.5. The largest absolute Gasteiger partial charge is 0.485 e. The Morgan fingerprint density at radius 3 is 2.58 bits per heavy atom. The maximum absolute atomic E-state index is 12.2. The second-order valence-electron chi connectivity index (χ2n) is 5.54. The number of nitrogens with zero attached hydrogens (tertiary/aromatic N) is 1. The number of aryl methyl sites for hydroxylation is 2. The van der Waals surface area contributed by atoms with Crippen LogP contribution in [0.1, 0.15) is 34.4 Å². The van der Waals surface area contributed by atoms with Gasteiger partial charge in [-0.15, -0.1) is 0 Å². The molecule has 0 saturated heterocycles. The van der Waals surface area contributed by atoms with Gasteiger partial charge in [-0.3, -0.25) is 9.59 Å². The maximum Gasteiger partial charge on any atom is 0.323 e. The van der Waals surface area contributed by atoms with Gasteiger partial charge in [0.15, 0.2) is 5.76 Å². The van der Waals surface area contributed by atoms with E-state index < -0.39 is 11.9 Å². The van der Waals surface area contributed by atoms with E-state index in [2.05, 4.69) is 0 Å². The van der Waals surface area contributed by atoms with E-state index in [4.69, 9.17) is 14.3 Å². The van der Waals surface area contributed by atoms with Gasteiger partial charge in [0, 0.05) is 6.54 Å². The van der Waals surface area contributed by atoms with Gasteiger partial charge in [-0.25, -0.2) is 0 Å². The first-order valence-corrected chi connectivity index (χ1v) is 7.70. The number of aliphatic carboxylic acids is 1. The zero-order valence-corrected chi connectivity index (χ0v) is 14.0. The van der Waals surface area contributed by atoms with E-state index in [1.54, 1.807) is 13.0 Å². The number of rotatable bonds is 7. The van der Waals surface area contributed by atoms with E-state index >= 15 is 0 Å². The lowest BCUT2D eigenvalue weighted by molar-refractivity contribution is -0.137. The number of likely N-dealkylation sites (N-methyl/N-ethyl adjacent to an activating group) is 1. The van der Waals surface area contributed by atoms with Crippen molar-refractivity contribution in [2.45, 2.75) is 27.4 Å². The van der Waals surface area contributed by atoms with Crippen LogP contribution < -0.4 is 4.74 Å². The summed E-state index contributed by atoms with van der Waals surface area (Å²) in [5, 5.41) is 8.83. The predicted molar refractivity (Wildman–Crippen MR) is 88.2 cm³/mol. The van der Waals surface area contributed by atoms with E-state index in [9.17, 15) is 9.59 Å². The third-order valence-corrected chi connectivity index (χ3v) is 3.57. The number of carboxylic acids is 1. The molecule has 0 bridgehead atoms. The van der Waals surface area contributed by atoms with Crippen LogP contribution in [0.4, 0.5) is 0 Å². The van der Waals surface area contributed by atoms with Crippen molar-refractivity contribution in [3.63, 3.8) is 0 Å². The molecule has 0 spiro atoms. The molecule has 0 saturated carbocycles. The van der Waals surface area contributed by atoms with Gasteiger partial charge in [0.05, 0.1) is 0 Å². The Labute approximate surface area is 140 Å². The smallest absolute Gasteiger partial charge is 0.323 e. The Bertz CT molecular complexity index is 735. The second kappa shape index (κ2) is 7.68. The summed E-state index contributed by atoms with van der Waals surface area (Å²) in [6, 6.07) is 9.08. The van der Waals surface area contributed by atoms with Crippen molar-refractivity contribution in [3.05, 3.63) is 53.0 Å². The molecule has 6 heteroatoms. The van der Waals surface area contributed by atoms with Crippen molar-refractivity contribution < 1.29 is 23.8 Å². The van der Waals surface area contributed by atoms with Crippen molar-refractivity contribution in [1.82, 2.24) is 4.90 Å². The van der Waals surface area contributed by atoms with Crippen LogP contribution in [0.15, 0.2) is 34.7 Å².